The molecule has 0 radical (unpaired) electrons. The van der Waals surface area contributed by atoms with Gasteiger partial charge in [0.25, 0.3) is 0 Å². The van der Waals surface area contributed by atoms with Gasteiger partial charge in [0.2, 0.25) is 0 Å². The van der Waals surface area contributed by atoms with E-state index in [0.717, 1.165) is 103 Å². The third-order valence-corrected chi connectivity index (χ3v) is 14.7. The zero-order valence-corrected chi connectivity index (χ0v) is 53.3. The van der Waals surface area contributed by atoms with Gasteiger partial charge in [-0.05, 0) is 116 Å². The van der Waals surface area contributed by atoms with Gasteiger partial charge in [0, 0.05) is 19.3 Å². The van der Waals surface area contributed by atoms with Gasteiger partial charge in [-0.15, -0.1) is 0 Å². The highest BCUT2D eigenvalue weighted by molar-refractivity contribution is 5.71. The molecule has 0 saturated carbocycles. The van der Waals surface area contributed by atoms with Crippen LogP contribution in [-0.2, 0) is 28.6 Å². The van der Waals surface area contributed by atoms with E-state index < -0.39 is 12.1 Å². The first-order valence-electron chi connectivity index (χ1n) is 34.4. The van der Waals surface area contributed by atoms with E-state index in [1.165, 1.54) is 180 Å². The molecule has 0 heterocycles. The molecule has 6 heteroatoms. The minimum absolute atomic E-state index is 0.112. The van der Waals surface area contributed by atoms with Gasteiger partial charge in [-0.3, -0.25) is 14.4 Å². The number of ether oxygens (including phenoxy) is 3. The van der Waals surface area contributed by atoms with Crippen LogP contribution in [0.2, 0.25) is 0 Å². The molecule has 0 N–H and O–H groups in total. The zero-order valence-electron chi connectivity index (χ0n) is 53.3. The fourth-order valence-corrected chi connectivity index (χ4v) is 9.61. The van der Waals surface area contributed by atoms with E-state index in [0.29, 0.717) is 19.3 Å². The van der Waals surface area contributed by atoms with Crippen molar-refractivity contribution < 1.29 is 28.6 Å². The van der Waals surface area contributed by atoms with Gasteiger partial charge in [0.1, 0.15) is 13.2 Å². The Morgan fingerprint density at radius 3 is 0.840 bits per heavy atom. The first-order chi connectivity index (χ1) is 40.0. The highest BCUT2D eigenvalue weighted by Crippen LogP contribution is 2.17. The van der Waals surface area contributed by atoms with E-state index in [2.05, 4.69) is 124 Å². The molecule has 0 aliphatic rings. The Hall–Kier alpha value is -3.93. The number of carbonyl (C=O) groups is 3. The van der Waals surface area contributed by atoms with Crippen LogP contribution in [0.4, 0.5) is 0 Å². The van der Waals surface area contributed by atoms with Gasteiger partial charge >= 0.3 is 17.9 Å². The molecular formula is C75H128O6. The zero-order chi connectivity index (χ0) is 58.5. The maximum atomic E-state index is 12.9. The monoisotopic (exact) mass is 1120 g/mol. The van der Waals surface area contributed by atoms with Crippen LogP contribution < -0.4 is 0 Å². The topological polar surface area (TPSA) is 78.9 Å². The van der Waals surface area contributed by atoms with Crippen molar-refractivity contribution in [2.45, 2.75) is 335 Å². The molecule has 0 bridgehead atoms. The van der Waals surface area contributed by atoms with E-state index in [-0.39, 0.29) is 31.6 Å². The maximum absolute atomic E-state index is 12.9. The van der Waals surface area contributed by atoms with Crippen molar-refractivity contribution in [1.82, 2.24) is 0 Å². The standard InChI is InChI=1S/C75H128O6/c1-4-7-10-13-16-19-22-25-28-30-32-33-34-35-36-37-38-39-40-41-43-44-47-50-53-56-59-62-65-68-74(77)80-71-72(70-79-73(76)67-64-61-58-55-52-49-46-27-24-21-18-15-12-9-6-3)81-75(78)69-66-63-60-57-54-51-48-45-42-31-29-26-23-20-17-14-11-8-5-2/h8,11,17-18,20-21,26-27,29-30,32,42,45-46,51,54,60,63,72H,4-7,9-10,12-16,19,22-25,28,31,33-41,43-44,47-50,52-53,55-59,61-62,64-71H2,1-3H3/b11-8-,20-17-,21-18-,29-26-,32-30-,45-42-,46-27-,54-51-,63-60-. The van der Waals surface area contributed by atoms with Crippen LogP contribution in [0.5, 0.6) is 0 Å². The molecule has 81 heavy (non-hydrogen) atoms. The highest BCUT2D eigenvalue weighted by atomic mass is 16.6. The summed E-state index contributed by atoms with van der Waals surface area (Å²) in [5.41, 5.74) is 0. The lowest BCUT2D eigenvalue weighted by Crippen LogP contribution is -2.30. The smallest absolute Gasteiger partial charge is 0.306 e. The van der Waals surface area contributed by atoms with Gasteiger partial charge in [-0.1, -0.05) is 304 Å². The molecule has 464 valence electrons. The lowest BCUT2D eigenvalue weighted by Gasteiger charge is -2.18. The van der Waals surface area contributed by atoms with Gasteiger partial charge < -0.3 is 14.2 Å². The fraction of sp³-hybridized carbons (Fsp3) is 0.720. The van der Waals surface area contributed by atoms with Crippen molar-refractivity contribution >= 4 is 17.9 Å². The van der Waals surface area contributed by atoms with E-state index in [4.69, 9.17) is 14.2 Å². The molecule has 0 aromatic rings. The maximum Gasteiger partial charge on any atom is 0.306 e. The molecule has 0 aliphatic heterocycles. The number of hydrogen-bond acceptors (Lipinski definition) is 6. The van der Waals surface area contributed by atoms with E-state index >= 15 is 0 Å². The Morgan fingerprint density at radius 1 is 0.259 bits per heavy atom. The third kappa shape index (κ3) is 66.8. The first-order valence-corrected chi connectivity index (χ1v) is 34.4. The van der Waals surface area contributed by atoms with E-state index in [9.17, 15) is 14.4 Å². The third-order valence-electron chi connectivity index (χ3n) is 14.7. The number of hydrogen-bond donors (Lipinski definition) is 0. The number of carbonyl (C=O) groups excluding carboxylic acids is 3. The number of rotatable bonds is 62. The van der Waals surface area contributed by atoms with Crippen molar-refractivity contribution in [3.8, 4) is 0 Å². The molecule has 0 spiro atoms. The Balaban J connectivity index is 4.34. The average molecular weight is 1130 g/mol. The van der Waals surface area contributed by atoms with Crippen molar-refractivity contribution in [2.75, 3.05) is 13.2 Å². The molecular weight excluding hydrogens is 997 g/mol. The lowest BCUT2D eigenvalue weighted by atomic mass is 10.0. The van der Waals surface area contributed by atoms with Crippen molar-refractivity contribution in [2.24, 2.45) is 0 Å². The number of esters is 3. The quantitative estimate of drug-likeness (QED) is 0.0261. The first kappa shape index (κ1) is 77.1. The Labute approximate surface area is 501 Å². The Morgan fingerprint density at radius 2 is 0.506 bits per heavy atom. The summed E-state index contributed by atoms with van der Waals surface area (Å²) in [5.74, 6) is -1.00. The van der Waals surface area contributed by atoms with Crippen molar-refractivity contribution in [3.05, 3.63) is 109 Å². The van der Waals surface area contributed by atoms with E-state index in [1.807, 2.05) is 6.08 Å². The summed E-state index contributed by atoms with van der Waals surface area (Å²) in [6.07, 6.45) is 94.2. The average Bonchev–Trinajstić information content (AvgIpc) is 3.47. The summed E-state index contributed by atoms with van der Waals surface area (Å²) < 4.78 is 16.9. The normalized spacial score (nSPS) is 12.8. The van der Waals surface area contributed by atoms with Gasteiger partial charge in [-0.25, -0.2) is 0 Å². The van der Waals surface area contributed by atoms with E-state index in [1.54, 1.807) is 0 Å². The van der Waals surface area contributed by atoms with Gasteiger partial charge in [-0.2, -0.15) is 0 Å². The van der Waals surface area contributed by atoms with Gasteiger partial charge in [0.05, 0.1) is 0 Å². The SMILES string of the molecule is CC/C=C\C/C=C\C/C=C\C/C=C\C/C=C\C/C=C\CCC(=O)OC(COC(=O)CCCCCCC/C=C\C/C=C\CCCCC)COC(=O)CCCCCCCCCCCCCCCCCCC/C=C\CCCCCCCCCC. The van der Waals surface area contributed by atoms with Crippen LogP contribution >= 0.6 is 0 Å². The second-order valence-corrected chi connectivity index (χ2v) is 22.7. The second kappa shape index (κ2) is 68.6. The van der Waals surface area contributed by atoms with Crippen LogP contribution in [0, 0.1) is 0 Å². The highest BCUT2D eigenvalue weighted by Gasteiger charge is 2.19. The van der Waals surface area contributed by atoms with Crippen LogP contribution in [0.3, 0.4) is 0 Å². The van der Waals surface area contributed by atoms with Gasteiger partial charge in [0.15, 0.2) is 6.10 Å². The fourth-order valence-electron chi connectivity index (χ4n) is 9.61. The molecule has 0 aromatic carbocycles. The van der Waals surface area contributed by atoms with Crippen LogP contribution in [-0.4, -0.2) is 37.2 Å². The van der Waals surface area contributed by atoms with Crippen LogP contribution in [0.25, 0.3) is 0 Å². The summed E-state index contributed by atoms with van der Waals surface area (Å²) in [4.78, 5) is 38.3. The number of allylic oxidation sites excluding steroid dienone is 18. The largest absolute Gasteiger partial charge is 0.462 e. The lowest BCUT2D eigenvalue weighted by molar-refractivity contribution is -0.166. The molecule has 0 aliphatic carbocycles. The Bertz CT molecular complexity index is 1620. The summed E-state index contributed by atoms with van der Waals surface area (Å²) in [6.45, 7) is 6.46. The molecule has 0 rings (SSSR count). The number of unbranched alkanes of at least 4 members (excludes halogenated alkanes) is 33. The molecule has 1 unspecified atom stereocenters. The summed E-state index contributed by atoms with van der Waals surface area (Å²) in [7, 11) is 0. The molecule has 0 fully saturated rings. The molecule has 0 aromatic heterocycles. The second-order valence-electron chi connectivity index (χ2n) is 22.7. The molecule has 6 nitrogen and oxygen atoms in total. The Kier molecular flexibility index (Phi) is 65.2. The summed E-state index contributed by atoms with van der Waals surface area (Å²) in [5, 5.41) is 0. The minimum atomic E-state index is -0.827. The summed E-state index contributed by atoms with van der Waals surface area (Å²) >= 11 is 0. The predicted molar refractivity (Wildman–Crippen MR) is 353 cm³/mol. The van der Waals surface area contributed by atoms with Crippen molar-refractivity contribution in [3.63, 3.8) is 0 Å². The summed E-state index contributed by atoms with van der Waals surface area (Å²) in [6, 6.07) is 0. The van der Waals surface area contributed by atoms with Crippen LogP contribution in [0.15, 0.2) is 109 Å². The molecule has 1 atom stereocenters. The molecule has 0 amide bonds. The van der Waals surface area contributed by atoms with Crippen molar-refractivity contribution in [1.29, 1.82) is 0 Å². The van der Waals surface area contributed by atoms with Crippen LogP contribution in [0.1, 0.15) is 329 Å². The minimum Gasteiger partial charge on any atom is -0.462 e. The predicted octanol–water partition coefficient (Wildman–Crippen LogP) is 23.8. The molecule has 0 saturated heterocycles.